The number of unbranched alkanes of at least 4 members (excludes halogenated alkanes) is 1. The summed E-state index contributed by atoms with van der Waals surface area (Å²) in [6.45, 7) is 7.79. The number of imidazole rings is 1. The molecule has 2 fully saturated rings. The zero-order chi connectivity index (χ0) is 24.5. The first-order chi connectivity index (χ1) is 17.0. The second-order valence-electron chi connectivity index (χ2n) is 10.7. The van der Waals surface area contributed by atoms with Crippen LogP contribution in [-0.4, -0.2) is 45.0 Å². The monoisotopic (exact) mass is 496 g/mol. The summed E-state index contributed by atoms with van der Waals surface area (Å²) in [6.07, 6.45) is 9.52. The van der Waals surface area contributed by atoms with Crippen molar-refractivity contribution in [3.63, 3.8) is 0 Å². The van der Waals surface area contributed by atoms with Gasteiger partial charge in [0, 0.05) is 36.9 Å². The predicted octanol–water partition coefficient (Wildman–Crippen LogP) is 4.88. The zero-order valence-corrected chi connectivity index (χ0v) is 22.1. The minimum absolute atomic E-state index is 0.207. The number of aromatic nitrogens is 3. The molecule has 0 bridgehead atoms. The van der Waals surface area contributed by atoms with Crippen LogP contribution >= 0.6 is 11.3 Å². The number of piperidine rings is 1. The van der Waals surface area contributed by atoms with Gasteiger partial charge in [0.1, 0.15) is 11.3 Å². The largest absolute Gasteiger partial charge is 0.382 e. The fourth-order valence-electron chi connectivity index (χ4n) is 6.06. The van der Waals surface area contributed by atoms with Crippen molar-refractivity contribution >= 4 is 44.3 Å². The van der Waals surface area contributed by atoms with E-state index in [4.69, 9.17) is 16.5 Å². The first-order valence-electron chi connectivity index (χ1n) is 13.5. The van der Waals surface area contributed by atoms with Crippen molar-refractivity contribution in [1.82, 2.24) is 19.4 Å². The first-order valence-corrected chi connectivity index (χ1v) is 14.3. The van der Waals surface area contributed by atoms with E-state index in [9.17, 15) is 4.79 Å². The standard InChI is InChI=1S/C27H40N6OS/c1-3-4-5-22-31-23-24(25-21(30-26(23)29)14-17(2)35-25)33(22)16-19-10-12-32(13-11-19)27(34)20-8-6-18(15-28)7-9-20/h14,18-20H,3-13,15-16,28H2,1-2H3,(H2,29,30). The van der Waals surface area contributed by atoms with Gasteiger partial charge in [-0.3, -0.25) is 4.79 Å². The second-order valence-corrected chi connectivity index (χ2v) is 12.0. The number of nitrogens with zero attached hydrogens (tertiary/aromatic N) is 4. The van der Waals surface area contributed by atoms with Gasteiger partial charge in [-0.05, 0) is 76.3 Å². The van der Waals surface area contributed by atoms with Gasteiger partial charge in [-0.25, -0.2) is 9.97 Å². The van der Waals surface area contributed by atoms with Crippen molar-refractivity contribution < 1.29 is 4.79 Å². The van der Waals surface area contributed by atoms with E-state index < -0.39 is 0 Å². The number of nitrogens with two attached hydrogens (primary N) is 2. The van der Waals surface area contributed by atoms with Crippen LogP contribution in [0.3, 0.4) is 0 Å². The average Bonchev–Trinajstić information content (AvgIpc) is 3.42. The average molecular weight is 497 g/mol. The Morgan fingerprint density at radius 2 is 1.86 bits per heavy atom. The number of anilines is 1. The van der Waals surface area contributed by atoms with Crippen LogP contribution in [0.2, 0.25) is 0 Å². The Morgan fingerprint density at radius 1 is 1.11 bits per heavy atom. The SMILES string of the molecule is CCCCc1nc2c(N)nc3cc(C)sc3c2n1CC1CCN(C(=O)C2CCC(CN)CC2)CC1. The minimum atomic E-state index is 0.207. The van der Waals surface area contributed by atoms with Crippen LogP contribution in [0.4, 0.5) is 5.82 Å². The van der Waals surface area contributed by atoms with Crippen molar-refractivity contribution in [3.05, 3.63) is 16.8 Å². The molecular formula is C27H40N6OS. The van der Waals surface area contributed by atoms with Gasteiger partial charge in [-0.2, -0.15) is 0 Å². The lowest BCUT2D eigenvalue weighted by molar-refractivity contribution is -0.138. The highest BCUT2D eigenvalue weighted by molar-refractivity contribution is 7.19. The number of fused-ring (bicyclic) bond motifs is 3. The van der Waals surface area contributed by atoms with E-state index in [1.165, 1.54) is 9.58 Å². The van der Waals surface area contributed by atoms with E-state index >= 15 is 0 Å². The summed E-state index contributed by atoms with van der Waals surface area (Å²) in [4.78, 5) is 26.2. The number of thiophene rings is 1. The molecule has 3 aromatic heterocycles. The van der Waals surface area contributed by atoms with Crippen LogP contribution in [0.5, 0.6) is 0 Å². The third kappa shape index (κ3) is 4.92. The Labute approximate surface area is 212 Å². The fourth-order valence-corrected chi connectivity index (χ4v) is 7.07. The number of pyridine rings is 1. The molecule has 4 heterocycles. The first kappa shape index (κ1) is 24.5. The molecule has 1 aliphatic carbocycles. The highest BCUT2D eigenvalue weighted by Crippen LogP contribution is 2.36. The molecule has 8 heteroatoms. The summed E-state index contributed by atoms with van der Waals surface area (Å²) >= 11 is 1.79. The normalized spacial score (nSPS) is 21.9. The molecule has 0 aromatic carbocycles. The summed E-state index contributed by atoms with van der Waals surface area (Å²) < 4.78 is 3.64. The molecule has 1 aliphatic heterocycles. The van der Waals surface area contributed by atoms with Crippen LogP contribution in [0.15, 0.2) is 6.07 Å². The Bertz CT molecular complexity index is 1180. The molecule has 0 radical (unpaired) electrons. The maximum atomic E-state index is 13.2. The smallest absolute Gasteiger partial charge is 0.225 e. The van der Waals surface area contributed by atoms with E-state index in [0.29, 0.717) is 23.6 Å². The van der Waals surface area contributed by atoms with Crippen LogP contribution in [-0.2, 0) is 17.8 Å². The van der Waals surface area contributed by atoms with Crippen LogP contribution in [0, 0.1) is 24.7 Å². The molecule has 2 aliphatic rings. The predicted molar refractivity (Wildman–Crippen MR) is 144 cm³/mol. The zero-order valence-electron chi connectivity index (χ0n) is 21.3. The molecule has 1 amide bonds. The van der Waals surface area contributed by atoms with Crippen LogP contribution in [0.25, 0.3) is 21.3 Å². The number of nitrogen functional groups attached to an aromatic ring is 1. The molecule has 35 heavy (non-hydrogen) atoms. The number of hydrogen-bond acceptors (Lipinski definition) is 6. The van der Waals surface area contributed by atoms with Crippen LogP contribution < -0.4 is 11.5 Å². The summed E-state index contributed by atoms with van der Waals surface area (Å²) in [6, 6.07) is 2.13. The van der Waals surface area contributed by atoms with Gasteiger partial charge >= 0.3 is 0 Å². The molecular weight excluding hydrogens is 456 g/mol. The molecule has 5 rings (SSSR count). The molecule has 1 saturated heterocycles. The van der Waals surface area contributed by atoms with E-state index in [1.807, 2.05) is 0 Å². The van der Waals surface area contributed by atoms with E-state index in [1.54, 1.807) is 11.3 Å². The molecule has 4 N–H and O–H groups in total. The van der Waals surface area contributed by atoms with E-state index in [2.05, 4.69) is 34.4 Å². The molecule has 3 aromatic rings. The number of hydrogen-bond donors (Lipinski definition) is 2. The maximum Gasteiger partial charge on any atom is 0.225 e. The third-order valence-corrected chi connectivity index (χ3v) is 9.28. The van der Waals surface area contributed by atoms with E-state index in [0.717, 1.165) is 106 Å². The quantitative estimate of drug-likeness (QED) is 0.485. The van der Waals surface area contributed by atoms with Gasteiger partial charge in [-0.15, -0.1) is 11.3 Å². The highest BCUT2D eigenvalue weighted by atomic mass is 32.1. The highest BCUT2D eigenvalue weighted by Gasteiger charge is 2.32. The molecule has 190 valence electrons. The Kier molecular flexibility index (Phi) is 7.30. The number of amides is 1. The summed E-state index contributed by atoms with van der Waals surface area (Å²) in [5.41, 5.74) is 15.2. The Hall–Kier alpha value is -2.19. The van der Waals surface area contributed by atoms with Crippen LogP contribution in [0.1, 0.15) is 69.0 Å². The van der Waals surface area contributed by atoms with Crippen molar-refractivity contribution in [1.29, 1.82) is 0 Å². The number of rotatable bonds is 7. The topological polar surface area (TPSA) is 103 Å². The summed E-state index contributed by atoms with van der Waals surface area (Å²) in [5.74, 6) is 3.40. The number of likely N-dealkylation sites (tertiary alicyclic amines) is 1. The Morgan fingerprint density at radius 3 is 2.54 bits per heavy atom. The van der Waals surface area contributed by atoms with Gasteiger partial charge in [-0.1, -0.05) is 13.3 Å². The lowest BCUT2D eigenvalue weighted by Crippen LogP contribution is -2.43. The minimum Gasteiger partial charge on any atom is -0.382 e. The van der Waals surface area contributed by atoms with Crippen molar-refractivity contribution in [2.24, 2.45) is 23.5 Å². The summed E-state index contributed by atoms with van der Waals surface area (Å²) in [5, 5.41) is 0. The summed E-state index contributed by atoms with van der Waals surface area (Å²) in [7, 11) is 0. The lowest BCUT2D eigenvalue weighted by atomic mass is 9.81. The van der Waals surface area contributed by atoms with Gasteiger partial charge in [0.05, 0.1) is 15.7 Å². The van der Waals surface area contributed by atoms with Gasteiger partial charge in [0.25, 0.3) is 0 Å². The second kappa shape index (κ2) is 10.4. The van der Waals surface area contributed by atoms with Gasteiger partial charge < -0.3 is 20.9 Å². The molecule has 0 atom stereocenters. The van der Waals surface area contributed by atoms with Gasteiger partial charge in [0.15, 0.2) is 5.82 Å². The van der Waals surface area contributed by atoms with E-state index in [-0.39, 0.29) is 5.92 Å². The van der Waals surface area contributed by atoms with Crippen molar-refractivity contribution in [3.8, 4) is 0 Å². The van der Waals surface area contributed by atoms with Crippen molar-refractivity contribution in [2.75, 3.05) is 25.4 Å². The molecule has 1 saturated carbocycles. The van der Waals surface area contributed by atoms with Crippen molar-refractivity contribution in [2.45, 2.75) is 78.2 Å². The lowest BCUT2D eigenvalue weighted by Gasteiger charge is -2.36. The molecule has 0 unspecified atom stereocenters. The number of carbonyl (C=O) groups excluding carboxylic acids is 1. The van der Waals surface area contributed by atoms with Gasteiger partial charge in [0.2, 0.25) is 5.91 Å². The molecule has 0 spiro atoms. The molecule has 7 nitrogen and oxygen atoms in total. The Balaban J connectivity index is 1.33. The number of carbonyl (C=O) groups is 1. The third-order valence-electron chi connectivity index (χ3n) is 8.23. The fraction of sp³-hybridized carbons (Fsp3) is 0.667. The number of aryl methyl sites for hydroxylation is 2. The maximum absolute atomic E-state index is 13.2.